The van der Waals surface area contributed by atoms with E-state index in [1.165, 1.54) is 0 Å². The number of primary amides is 1. The molecule has 0 radical (unpaired) electrons. The molecule has 1 saturated carbocycles. The minimum Gasteiger partial charge on any atom is -0.368 e. The summed E-state index contributed by atoms with van der Waals surface area (Å²) in [4.78, 5) is 30.4. The molecule has 1 aliphatic carbocycles. The largest absolute Gasteiger partial charge is 0.368 e. The first-order valence-electron chi connectivity index (χ1n) is 11.0. The van der Waals surface area contributed by atoms with Crippen LogP contribution in [0.1, 0.15) is 64.6 Å². The van der Waals surface area contributed by atoms with Gasteiger partial charge >= 0.3 is 0 Å². The molecule has 0 bridgehead atoms. The molecule has 172 valence electrons. The van der Waals surface area contributed by atoms with Crippen LogP contribution in [0, 0.1) is 6.92 Å². The van der Waals surface area contributed by atoms with Gasteiger partial charge in [-0.2, -0.15) is 5.10 Å². The normalized spacial score (nSPS) is 20.6. The second-order valence-corrected chi connectivity index (χ2v) is 11.1. The molecule has 33 heavy (non-hydrogen) atoms. The highest BCUT2D eigenvalue weighted by Gasteiger charge is 2.34. The van der Waals surface area contributed by atoms with E-state index in [0.29, 0.717) is 34.3 Å². The van der Waals surface area contributed by atoms with Crippen LogP contribution in [0.4, 0.5) is 0 Å². The third-order valence-electron chi connectivity index (χ3n) is 6.34. The van der Waals surface area contributed by atoms with E-state index in [9.17, 15) is 18.0 Å². The fraction of sp³-hybridized carbons (Fsp3) is 0.391. The topological polar surface area (TPSA) is 137 Å². The molecule has 1 aromatic carbocycles. The first-order chi connectivity index (χ1) is 15.7. The Labute approximate surface area is 191 Å². The fourth-order valence-electron chi connectivity index (χ4n) is 4.50. The van der Waals surface area contributed by atoms with Gasteiger partial charge in [-0.05, 0) is 37.8 Å². The molecule has 0 spiro atoms. The van der Waals surface area contributed by atoms with E-state index >= 15 is 0 Å². The van der Waals surface area contributed by atoms with E-state index in [4.69, 9.17) is 10.7 Å². The minimum atomic E-state index is -3.12. The van der Waals surface area contributed by atoms with Crippen molar-refractivity contribution in [2.45, 2.75) is 44.2 Å². The number of benzene rings is 1. The highest BCUT2D eigenvalue weighted by Crippen LogP contribution is 2.41. The Balaban J connectivity index is 1.59. The van der Waals surface area contributed by atoms with Crippen LogP contribution in [0.3, 0.4) is 0 Å². The van der Waals surface area contributed by atoms with Crippen molar-refractivity contribution in [1.82, 2.24) is 20.1 Å². The van der Waals surface area contributed by atoms with Crippen molar-refractivity contribution < 1.29 is 18.0 Å². The number of aromatic nitrogens is 3. The Morgan fingerprint density at radius 2 is 1.91 bits per heavy atom. The van der Waals surface area contributed by atoms with Crippen LogP contribution in [-0.4, -0.2) is 46.5 Å². The molecule has 2 aliphatic rings. The molecule has 3 aromatic rings. The average molecular weight is 468 g/mol. The van der Waals surface area contributed by atoms with Crippen LogP contribution < -0.4 is 11.1 Å². The summed E-state index contributed by atoms with van der Waals surface area (Å²) in [5.41, 5.74) is 8.44. The van der Waals surface area contributed by atoms with Crippen LogP contribution in [0.2, 0.25) is 0 Å². The van der Waals surface area contributed by atoms with Crippen LogP contribution in [0.15, 0.2) is 36.4 Å². The smallest absolute Gasteiger partial charge is 0.253 e. The second-order valence-electron chi connectivity index (χ2n) is 8.87. The molecule has 2 amide bonds. The monoisotopic (exact) mass is 467 g/mol. The zero-order valence-electron chi connectivity index (χ0n) is 18.2. The van der Waals surface area contributed by atoms with Crippen molar-refractivity contribution in [3.05, 3.63) is 58.9 Å². The number of rotatable bonds is 6. The number of amides is 2. The first-order valence-corrected chi connectivity index (χ1v) is 12.8. The summed E-state index contributed by atoms with van der Waals surface area (Å²) >= 11 is 0. The number of nitrogens with two attached hydrogens (primary N) is 1. The lowest BCUT2D eigenvalue weighted by molar-refractivity contribution is -0.120. The number of carbonyl (C=O) groups excluding carboxylic acids is 2. The molecule has 3 heterocycles. The van der Waals surface area contributed by atoms with Crippen molar-refractivity contribution >= 4 is 32.7 Å². The van der Waals surface area contributed by atoms with Gasteiger partial charge in [-0.1, -0.05) is 30.3 Å². The van der Waals surface area contributed by atoms with Crippen molar-refractivity contribution in [3.8, 4) is 0 Å². The molecule has 1 aliphatic heterocycles. The summed E-state index contributed by atoms with van der Waals surface area (Å²) < 4.78 is 25.8. The third kappa shape index (κ3) is 4.10. The van der Waals surface area contributed by atoms with E-state index in [0.717, 1.165) is 18.5 Å². The molecule has 3 N–H and O–H groups in total. The molecule has 9 nitrogen and oxygen atoms in total. The molecule has 2 fully saturated rings. The highest BCUT2D eigenvalue weighted by atomic mass is 32.2. The maximum Gasteiger partial charge on any atom is 0.253 e. The summed E-state index contributed by atoms with van der Waals surface area (Å²) in [7, 11) is -3.12. The maximum atomic E-state index is 13.4. The average Bonchev–Trinajstić information content (AvgIpc) is 3.50. The van der Waals surface area contributed by atoms with Gasteiger partial charge in [0.25, 0.3) is 5.91 Å². The minimum absolute atomic E-state index is 0.0117. The number of carbonyl (C=O) groups is 2. The van der Waals surface area contributed by atoms with Gasteiger partial charge in [0.05, 0.1) is 34.2 Å². The summed E-state index contributed by atoms with van der Waals surface area (Å²) in [5, 5.41) is 7.93. The number of hydrogen-bond donors (Lipinski definition) is 2. The summed E-state index contributed by atoms with van der Waals surface area (Å²) in [6.07, 6.45) is 2.43. The van der Waals surface area contributed by atoms with Gasteiger partial charge in [0, 0.05) is 11.6 Å². The van der Waals surface area contributed by atoms with Gasteiger partial charge in [-0.15, -0.1) is 0 Å². The van der Waals surface area contributed by atoms with Gasteiger partial charge in [0.15, 0.2) is 15.5 Å². The Bertz CT molecular complexity index is 1360. The van der Waals surface area contributed by atoms with Crippen molar-refractivity contribution in [3.63, 3.8) is 0 Å². The molecule has 0 unspecified atom stereocenters. The predicted molar refractivity (Wildman–Crippen MR) is 122 cm³/mol. The van der Waals surface area contributed by atoms with Gasteiger partial charge in [0.1, 0.15) is 6.04 Å². The molecule has 2 aromatic heterocycles. The summed E-state index contributed by atoms with van der Waals surface area (Å²) in [5.74, 6) is -0.717. The Kier molecular flexibility index (Phi) is 5.19. The van der Waals surface area contributed by atoms with E-state index in [1.54, 1.807) is 41.9 Å². The first kappa shape index (κ1) is 21.6. The van der Waals surface area contributed by atoms with E-state index in [2.05, 4.69) is 10.4 Å². The molecule has 10 heteroatoms. The second kappa shape index (κ2) is 7.95. The Morgan fingerprint density at radius 1 is 1.18 bits per heavy atom. The molecule has 5 rings (SSSR count). The fourth-order valence-corrected chi connectivity index (χ4v) is 6.19. The maximum absolute atomic E-state index is 13.4. The number of aryl methyl sites for hydroxylation is 1. The number of nitrogens with zero attached hydrogens (tertiary/aromatic N) is 3. The SMILES string of the molecule is Cc1nn([C@@H]2CCS(=O)(=O)C2)c2nc(C3CC3)cc(C(=O)N[C@H](C(N)=O)c3ccccc3)c12. The standard InChI is InChI=1S/C23H25N5O4S/c1-13-19-17(23(30)26-20(21(24)29)15-5-3-2-4-6-15)11-18(14-7-8-14)25-22(19)28(27-13)16-9-10-33(31,32)12-16/h2-6,11,14,16,20H,7-10,12H2,1H3,(H2,24,29)(H,26,30)/t16-,20+/m1/s1. The van der Waals surface area contributed by atoms with Crippen LogP contribution >= 0.6 is 0 Å². The lowest BCUT2D eigenvalue weighted by atomic mass is 10.0. The van der Waals surface area contributed by atoms with Crippen LogP contribution in [0.5, 0.6) is 0 Å². The molecule has 2 atom stereocenters. The lowest BCUT2D eigenvalue weighted by Crippen LogP contribution is -2.37. The van der Waals surface area contributed by atoms with E-state index in [-0.39, 0.29) is 23.5 Å². The lowest BCUT2D eigenvalue weighted by Gasteiger charge is -2.17. The number of hydrogen-bond acceptors (Lipinski definition) is 6. The number of fused-ring (bicyclic) bond motifs is 1. The van der Waals surface area contributed by atoms with E-state index < -0.39 is 27.7 Å². The number of nitrogens with one attached hydrogen (secondary N) is 1. The molecular formula is C23H25N5O4S. The quantitative estimate of drug-likeness (QED) is 0.568. The van der Waals surface area contributed by atoms with Gasteiger partial charge in [-0.25, -0.2) is 18.1 Å². The zero-order valence-corrected chi connectivity index (χ0v) is 19.0. The van der Waals surface area contributed by atoms with Crippen LogP contribution in [-0.2, 0) is 14.6 Å². The van der Waals surface area contributed by atoms with Crippen molar-refractivity contribution in [2.24, 2.45) is 5.73 Å². The van der Waals surface area contributed by atoms with Crippen molar-refractivity contribution in [1.29, 1.82) is 0 Å². The summed E-state index contributed by atoms with van der Waals surface area (Å²) in [6, 6.07) is 9.30. The Morgan fingerprint density at radius 3 is 2.52 bits per heavy atom. The molecule has 1 saturated heterocycles. The van der Waals surface area contributed by atoms with Gasteiger partial charge in [-0.3, -0.25) is 9.59 Å². The predicted octanol–water partition coefficient (Wildman–Crippen LogP) is 1.93. The highest BCUT2D eigenvalue weighted by molar-refractivity contribution is 7.91. The third-order valence-corrected chi connectivity index (χ3v) is 8.09. The number of pyridine rings is 1. The van der Waals surface area contributed by atoms with E-state index in [1.807, 2.05) is 6.07 Å². The molecular weight excluding hydrogens is 442 g/mol. The zero-order chi connectivity index (χ0) is 23.3. The van der Waals surface area contributed by atoms with Crippen LogP contribution in [0.25, 0.3) is 11.0 Å². The summed E-state index contributed by atoms with van der Waals surface area (Å²) in [6.45, 7) is 1.78. The van der Waals surface area contributed by atoms with Gasteiger partial charge in [0.2, 0.25) is 5.91 Å². The number of sulfone groups is 1. The van der Waals surface area contributed by atoms with Crippen molar-refractivity contribution in [2.75, 3.05) is 11.5 Å². The van der Waals surface area contributed by atoms with Gasteiger partial charge < -0.3 is 11.1 Å². The Hall–Kier alpha value is -3.27.